The van der Waals surface area contributed by atoms with Crippen LogP contribution >= 0.6 is 0 Å². The summed E-state index contributed by atoms with van der Waals surface area (Å²) in [5, 5.41) is 19.9. The number of aliphatic hydroxyl groups excluding tert-OH is 1. The maximum Gasteiger partial charge on any atom is 0.237 e. The van der Waals surface area contributed by atoms with E-state index in [1.54, 1.807) is 4.90 Å². The smallest absolute Gasteiger partial charge is 0.237 e. The Kier molecular flexibility index (Phi) is 6.91. The second-order valence-electron chi connectivity index (χ2n) is 9.32. The first kappa shape index (κ1) is 24.9. The SMILES string of the molecule is COc1ccc(F)cc1-c1c(F)cnc2[nH]c(C3=CCN(CC(=O)N4CCC[C@H]4CO)CC3)c(C#N)c12. The van der Waals surface area contributed by atoms with Crippen molar-refractivity contribution in [3.8, 4) is 22.9 Å². The molecule has 2 aromatic heterocycles. The Morgan fingerprint density at radius 1 is 1.35 bits per heavy atom. The molecule has 2 aliphatic heterocycles. The summed E-state index contributed by atoms with van der Waals surface area (Å²) < 4.78 is 34.6. The van der Waals surface area contributed by atoms with Crippen LogP contribution < -0.4 is 4.74 Å². The lowest BCUT2D eigenvalue weighted by molar-refractivity contribution is -0.133. The molecule has 0 spiro atoms. The Balaban J connectivity index is 1.47. The number of ether oxygens (including phenoxy) is 1. The summed E-state index contributed by atoms with van der Waals surface area (Å²) in [6, 6.07) is 5.91. The van der Waals surface area contributed by atoms with Crippen molar-refractivity contribution < 1.29 is 23.4 Å². The molecule has 1 saturated heterocycles. The van der Waals surface area contributed by atoms with Crippen LogP contribution in [0.3, 0.4) is 0 Å². The number of hydrogen-bond donors (Lipinski definition) is 2. The van der Waals surface area contributed by atoms with Gasteiger partial charge in [-0.1, -0.05) is 6.08 Å². The highest BCUT2D eigenvalue weighted by Crippen LogP contribution is 2.40. The lowest BCUT2D eigenvalue weighted by Crippen LogP contribution is -2.44. The molecule has 4 heterocycles. The van der Waals surface area contributed by atoms with Gasteiger partial charge in [0.1, 0.15) is 29.1 Å². The number of nitrogens with zero attached hydrogens (tertiary/aromatic N) is 4. The number of methoxy groups -OCH3 is 1. The van der Waals surface area contributed by atoms with Crippen molar-refractivity contribution in [3.05, 3.63) is 53.4 Å². The number of aromatic nitrogens is 2. The number of nitrogens with one attached hydrogen (secondary N) is 1. The Morgan fingerprint density at radius 2 is 2.19 bits per heavy atom. The van der Waals surface area contributed by atoms with Gasteiger partial charge in [0.05, 0.1) is 43.8 Å². The molecule has 10 heteroatoms. The minimum absolute atomic E-state index is 0.00471. The quantitative estimate of drug-likeness (QED) is 0.530. The average molecular weight is 508 g/mol. The number of aliphatic hydroxyl groups is 1. The summed E-state index contributed by atoms with van der Waals surface area (Å²) in [6.45, 7) is 2.01. The number of benzene rings is 1. The largest absolute Gasteiger partial charge is 0.496 e. The van der Waals surface area contributed by atoms with Crippen LogP contribution in [0, 0.1) is 23.0 Å². The van der Waals surface area contributed by atoms with Gasteiger partial charge in [0.25, 0.3) is 0 Å². The molecule has 0 radical (unpaired) electrons. The van der Waals surface area contributed by atoms with Gasteiger partial charge in [-0.3, -0.25) is 9.69 Å². The highest BCUT2D eigenvalue weighted by atomic mass is 19.1. The zero-order chi connectivity index (χ0) is 26.1. The minimum Gasteiger partial charge on any atom is -0.496 e. The van der Waals surface area contributed by atoms with Crippen molar-refractivity contribution in [2.45, 2.75) is 25.3 Å². The molecule has 1 amide bonds. The van der Waals surface area contributed by atoms with Gasteiger partial charge in [-0.25, -0.2) is 13.8 Å². The number of fused-ring (bicyclic) bond motifs is 1. The Hall–Kier alpha value is -3.81. The number of aromatic amines is 1. The van der Waals surface area contributed by atoms with E-state index in [-0.39, 0.29) is 52.9 Å². The summed E-state index contributed by atoms with van der Waals surface area (Å²) >= 11 is 0. The van der Waals surface area contributed by atoms with Gasteiger partial charge in [-0.05, 0) is 43.0 Å². The maximum atomic E-state index is 15.1. The van der Waals surface area contributed by atoms with E-state index in [0.29, 0.717) is 37.4 Å². The Labute approximate surface area is 212 Å². The van der Waals surface area contributed by atoms with Crippen molar-refractivity contribution in [1.29, 1.82) is 5.26 Å². The first-order valence-electron chi connectivity index (χ1n) is 12.2. The van der Waals surface area contributed by atoms with Gasteiger partial charge in [0, 0.05) is 36.1 Å². The van der Waals surface area contributed by atoms with Crippen LogP contribution in [0.5, 0.6) is 5.75 Å². The molecule has 1 atom stereocenters. The summed E-state index contributed by atoms with van der Waals surface area (Å²) in [4.78, 5) is 23.9. The molecule has 0 unspecified atom stereocenters. The van der Waals surface area contributed by atoms with Crippen LogP contribution in [0.2, 0.25) is 0 Å². The highest BCUT2D eigenvalue weighted by Gasteiger charge is 2.30. The molecule has 37 heavy (non-hydrogen) atoms. The number of halogens is 2. The van der Waals surface area contributed by atoms with Gasteiger partial charge in [0.2, 0.25) is 5.91 Å². The van der Waals surface area contributed by atoms with Gasteiger partial charge < -0.3 is 19.7 Å². The topological polar surface area (TPSA) is 105 Å². The number of carbonyl (C=O) groups is 1. The van der Waals surface area contributed by atoms with E-state index in [9.17, 15) is 19.6 Å². The van der Waals surface area contributed by atoms with Crippen LogP contribution in [0.4, 0.5) is 8.78 Å². The summed E-state index contributed by atoms with van der Waals surface area (Å²) in [5.41, 5.74) is 2.19. The molecular formula is C27H27F2N5O3. The molecule has 0 aliphatic carbocycles. The standard InChI is InChI=1S/C27H27F2N5O3/c1-37-22-5-4-17(28)11-19(22)24-21(29)13-31-27-25(24)20(12-30)26(32-27)16-6-9-33(10-7-16)14-23(36)34-8-2-3-18(34)15-35/h4-6,11,13,18,35H,2-3,7-10,14-15H2,1H3,(H,31,32)/t18-/m0/s1. The first-order valence-corrected chi connectivity index (χ1v) is 12.2. The normalized spacial score (nSPS) is 18.2. The molecule has 1 fully saturated rings. The van der Waals surface area contributed by atoms with Crippen molar-refractivity contribution >= 4 is 22.5 Å². The molecule has 8 nitrogen and oxygen atoms in total. The number of pyridine rings is 1. The molecule has 3 aromatic rings. The van der Waals surface area contributed by atoms with Crippen LogP contribution in [-0.2, 0) is 4.79 Å². The number of likely N-dealkylation sites (tertiary alicyclic amines) is 1. The molecule has 0 saturated carbocycles. The predicted octanol–water partition coefficient (Wildman–Crippen LogP) is 3.46. The third-order valence-electron chi connectivity index (χ3n) is 7.20. The van der Waals surface area contributed by atoms with E-state index in [1.165, 1.54) is 25.3 Å². The van der Waals surface area contributed by atoms with Crippen LogP contribution in [0.25, 0.3) is 27.7 Å². The van der Waals surface area contributed by atoms with E-state index in [2.05, 4.69) is 16.0 Å². The Bertz CT molecular complexity index is 1430. The third-order valence-corrected chi connectivity index (χ3v) is 7.20. The maximum absolute atomic E-state index is 15.1. The summed E-state index contributed by atoms with van der Waals surface area (Å²) in [7, 11) is 1.41. The second kappa shape index (κ2) is 10.3. The number of hydrogen-bond acceptors (Lipinski definition) is 6. The fourth-order valence-corrected chi connectivity index (χ4v) is 5.34. The molecule has 5 rings (SSSR count). The number of rotatable bonds is 6. The Morgan fingerprint density at radius 3 is 2.89 bits per heavy atom. The van der Waals surface area contributed by atoms with Crippen molar-refractivity contribution in [1.82, 2.24) is 19.8 Å². The molecule has 1 aromatic carbocycles. The highest BCUT2D eigenvalue weighted by molar-refractivity contribution is 6.01. The van der Waals surface area contributed by atoms with E-state index >= 15 is 4.39 Å². The molecule has 2 aliphatic rings. The van der Waals surface area contributed by atoms with Crippen molar-refractivity contribution in [2.75, 3.05) is 39.9 Å². The van der Waals surface area contributed by atoms with Crippen molar-refractivity contribution in [3.63, 3.8) is 0 Å². The minimum atomic E-state index is -0.691. The summed E-state index contributed by atoms with van der Waals surface area (Å²) in [6.07, 6.45) is 5.29. The zero-order valence-corrected chi connectivity index (χ0v) is 20.4. The molecule has 2 N–H and O–H groups in total. The fourth-order valence-electron chi connectivity index (χ4n) is 5.34. The monoisotopic (exact) mass is 507 g/mol. The van der Waals surface area contributed by atoms with Gasteiger partial charge in [-0.15, -0.1) is 0 Å². The third kappa shape index (κ3) is 4.56. The fraction of sp³-hybridized carbons (Fsp3) is 0.370. The number of nitriles is 1. The predicted molar refractivity (Wildman–Crippen MR) is 134 cm³/mol. The van der Waals surface area contributed by atoms with Gasteiger partial charge in [-0.2, -0.15) is 5.26 Å². The van der Waals surface area contributed by atoms with Crippen LogP contribution in [0.1, 0.15) is 30.5 Å². The first-order chi connectivity index (χ1) is 17.9. The van der Waals surface area contributed by atoms with E-state index in [1.807, 2.05) is 11.0 Å². The molecule has 192 valence electrons. The van der Waals surface area contributed by atoms with Gasteiger partial charge >= 0.3 is 0 Å². The van der Waals surface area contributed by atoms with Crippen LogP contribution in [-0.4, -0.2) is 76.7 Å². The summed E-state index contributed by atoms with van der Waals surface area (Å²) in [5.74, 6) is -0.967. The lowest BCUT2D eigenvalue weighted by Gasteiger charge is -2.29. The van der Waals surface area contributed by atoms with E-state index in [0.717, 1.165) is 24.6 Å². The van der Waals surface area contributed by atoms with E-state index in [4.69, 9.17) is 4.74 Å². The van der Waals surface area contributed by atoms with E-state index < -0.39 is 11.6 Å². The number of carbonyl (C=O) groups excluding carboxylic acids is 1. The van der Waals surface area contributed by atoms with Crippen molar-refractivity contribution in [2.24, 2.45) is 0 Å². The molecular weight excluding hydrogens is 480 g/mol. The van der Waals surface area contributed by atoms with Crippen LogP contribution in [0.15, 0.2) is 30.5 Å². The second-order valence-corrected chi connectivity index (χ2v) is 9.32. The molecule has 0 bridgehead atoms. The van der Waals surface area contributed by atoms with Gasteiger partial charge in [0.15, 0.2) is 0 Å². The average Bonchev–Trinajstić information content (AvgIpc) is 3.54. The number of H-pyrrole nitrogens is 1. The lowest BCUT2D eigenvalue weighted by atomic mass is 9.96. The number of amides is 1. The zero-order valence-electron chi connectivity index (χ0n) is 20.4.